The largest absolute Gasteiger partial charge is 0.383 e. The second-order valence-corrected chi connectivity index (χ2v) is 2.55. The summed E-state index contributed by atoms with van der Waals surface area (Å²) in [6.45, 7) is 1.06. The Kier molecular flexibility index (Phi) is 2.86. The molecule has 13 heavy (non-hydrogen) atoms. The summed E-state index contributed by atoms with van der Waals surface area (Å²) in [4.78, 5) is 10.8. The lowest BCUT2D eigenvalue weighted by atomic mass is 10.3. The first-order valence-corrected chi connectivity index (χ1v) is 3.77. The van der Waals surface area contributed by atoms with Crippen LogP contribution in [-0.2, 0) is 11.3 Å². The highest BCUT2D eigenvalue weighted by molar-refractivity contribution is 5.96. The van der Waals surface area contributed by atoms with Gasteiger partial charge < -0.3 is 16.2 Å². The van der Waals surface area contributed by atoms with Gasteiger partial charge in [-0.3, -0.25) is 9.48 Å². The van der Waals surface area contributed by atoms with Crippen LogP contribution >= 0.6 is 0 Å². The highest BCUT2D eigenvalue weighted by Crippen LogP contribution is 2.07. The Morgan fingerprint density at radius 3 is 2.92 bits per heavy atom. The van der Waals surface area contributed by atoms with Gasteiger partial charge in [0.15, 0.2) is 5.82 Å². The Balaban J connectivity index is 2.76. The van der Waals surface area contributed by atoms with E-state index in [0.717, 1.165) is 0 Å². The summed E-state index contributed by atoms with van der Waals surface area (Å²) in [6, 6.07) is 0. The number of carbonyl (C=O) groups excluding carboxylic acids is 1. The van der Waals surface area contributed by atoms with Gasteiger partial charge in [0.05, 0.1) is 13.2 Å². The molecule has 0 fully saturated rings. The van der Waals surface area contributed by atoms with Gasteiger partial charge in [-0.2, -0.15) is 5.10 Å². The number of amides is 1. The van der Waals surface area contributed by atoms with Gasteiger partial charge in [0.25, 0.3) is 5.91 Å². The topological polar surface area (TPSA) is 96.2 Å². The molecule has 1 amide bonds. The molecule has 0 unspecified atom stereocenters. The predicted octanol–water partition coefficient (Wildman–Crippen LogP) is -0.789. The maximum absolute atomic E-state index is 10.8. The minimum atomic E-state index is -0.568. The third-order valence-electron chi connectivity index (χ3n) is 1.58. The predicted molar refractivity (Wildman–Crippen MR) is 47.0 cm³/mol. The monoisotopic (exact) mass is 184 g/mol. The van der Waals surface area contributed by atoms with E-state index in [4.69, 9.17) is 16.2 Å². The van der Waals surface area contributed by atoms with Crippen LogP contribution < -0.4 is 11.5 Å². The maximum atomic E-state index is 10.8. The van der Waals surface area contributed by atoms with E-state index in [2.05, 4.69) is 5.10 Å². The summed E-state index contributed by atoms with van der Waals surface area (Å²) in [7, 11) is 1.59. The normalized spacial score (nSPS) is 10.2. The second-order valence-electron chi connectivity index (χ2n) is 2.55. The Morgan fingerprint density at radius 2 is 2.46 bits per heavy atom. The van der Waals surface area contributed by atoms with Crippen LogP contribution in [0, 0.1) is 0 Å². The van der Waals surface area contributed by atoms with Crippen LogP contribution in [0.5, 0.6) is 0 Å². The summed E-state index contributed by atoms with van der Waals surface area (Å²) in [5.74, 6) is -0.412. The summed E-state index contributed by atoms with van der Waals surface area (Å²) in [5, 5.41) is 3.88. The van der Waals surface area contributed by atoms with E-state index in [1.54, 1.807) is 7.11 Å². The molecule has 0 aliphatic heterocycles. The Morgan fingerprint density at radius 1 is 1.77 bits per heavy atom. The van der Waals surface area contributed by atoms with Crippen molar-refractivity contribution in [2.24, 2.45) is 5.73 Å². The lowest BCUT2D eigenvalue weighted by Crippen LogP contribution is -2.11. The molecule has 0 saturated heterocycles. The van der Waals surface area contributed by atoms with Crippen molar-refractivity contribution < 1.29 is 9.53 Å². The van der Waals surface area contributed by atoms with Gasteiger partial charge in [-0.05, 0) is 0 Å². The minimum Gasteiger partial charge on any atom is -0.383 e. The number of primary amides is 1. The Labute approximate surface area is 75.5 Å². The molecule has 1 aromatic heterocycles. The SMILES string of the molecule is COCCn1cc(C(N)=O)c(N)n1. The van der Waals surface area contributed by atoms with Crippen molar-refractivity contribution in [3.63, 3.8) is 0 Å². The number of nitrogens with two attached hydrogens (primary N) is 2. The molecule has 1 heterocycles. The molecular formula is C7H12N4O2. The van der Waals surface area contributed by atoms with Gasteiger partial charge in [0.1, 0.15) is 5.56 Å². The average Bonchev–Trinajstić information content (AvgIpc) is 2.43. The van der Waals surface area contributed by atoms with Crippen LogP contribution in [0.4, 0.5) is 5.82 Å². The number of ether oxygens (including phenoxy) is 1. The molecule has 72 valence electrons. The average molecular weight is 184 g/mol. The highest BCUT2D eigenvalue weighted by atomic mass is 16.5. The fraction of sp³-hybridized carbons (Fsp3) is 0.429. The molecule has 0 radical (unpaired) electrons. The number of nitrogens with zero attached hydrogens (tertiary/aromatic N) is 2. The first-order valence-electron chi connectivity index (χ1n) is 3.77. The quantitative estimate of drug-likeness (QED) is 0.641. The number of hydrogen-bond donors (Lipinski definition) is 2. The number of anilines is 1. The zero-order valence-corrected chi connectivity index (χ0v) is 7.36. The van der Waals surface area contributed by atoms with Crippen molar-refractivity contribution in [2.75, 3.05) is 19.5 Å². The van der Waals surface area contributed by atoms with E-state index in [1.807, 2.05) is 0 Å². The standard InChI is InChI=1S/C7H12N4O2/c1-13-3-2-11-4-5(7(9)12)6(8)10-11/h4H,2-3H2,1H3,(H2,8,10)(H2,9,12). The third kappa shape index (κ3) is 2.19. The molecule has 6 heteroatoms. The molecule has 6 nitrogen and oxygen atoms in total. The van der Waals surface area contributed by atoms with Crippen LogP contribution in [0.15, 0.2) is 6.20 Å². The van der Waals surface area contributed by atoms with E-state index >= 15 is 0 Å². The smallest absolute Gasteiger partial charge is 0.254 e. The van der Waals surface area contributed by atoms with Gasteiger partial charge in [-0.15, -0.1) is 0 Å². The van der Waals surface area contributed by atoms with Crippen molar-refractivity contribution in [2.45, 2.75) is 6.54 Å². The zero-order valence-electron chi connectivity index (χ0n) is 7.36. The van der Waals surface area contributed by atoms with Crippen molar-refractivity contribution in [1.29, 1.82) is 0 Å². The van der Waals surface area contributed by atoms with E-state index in [1.165, 1.54) is 10.9 Å². The molecule has 4 N–H and O–H groups in total. The number of aromatic nitrogens is 2. The number of carbonyl (C=O) groups is 1. The zero-order chi connectivity index (χ0) is 9.84. The van der Waals surface area contributed by atoms with Crippen molar-refractivity contribution in [3.8, 4) is 0 Å². The lowest BCUT2D eigenvalue weighted by Gasteiger charge is -1.97. The molecule has 1 rings (SSSR count). The molecule has 0 atom stereocenters. The summed E-state index contributed by atoms with van der Waals surface area (Å²) in [6.07, 6.45) is 1.51. The maximum Gasteiger partial charge on any atom is 0.254 e. The first-order chi connectivity index (χ1) is 6.15. The number of methoxy groups -OCH3 is 1. The van der Waals surface area contributed by atoms with Gasteiger partial charge in [-0.25, -0.2) is 0 Å². The molecule has 0 aliphatic rings. The highest BCUT2D eigenvalue weighted by Gasteiger charge is 2.09. The summed E-state index contributed by atoms with van der Waals surface area (Å²) in [5.41, 5.74) is 10.7. The molecule has 0 aromatic carbocycles. The molecule has 0 aliphatic carbocycles. The first kappa shape index (κ1) is 9.53. The van der Waals surface area contributed by atoms with Crippen molar-refractivity contribution in [1.82, 2.24) is 9.78 Å². The third-order valence-corrected chi connectivity index (χ3v) is 1.58. The van der Waals surface area contributed by atoms with Crippen LogP contribution in [0.25, 0.3) is 0 Å². The molecule has 0 spiro atoms. The van der Waals surface area contributed by atoms with Gasteiger partial charge >= 0.3 is 0 Å². The summed E-state index contributed by atoms with van der Waals surface area (Å²) < 4.78 is 6.36. The van der Waals surface area contributed by atoms with E-state index in [0.29, 0.717) is 13.2 Å². The van der Waals surface area contributed by atoms with E-state index < -0.39 is 5.91 Å². The van der Waals surface area contributed by atoms with Crippen molar-refractivity contribution >= 4 is 11.7 Å². The molecule has 1 aromatic rings. The summed E-state index contributed by atoms with van der Waals surface area (Å²) >= 11 is 0. The number of nitrogen functional groups attached to an aromatic ring is 1. The van der Waals surface area contributed by atoms with Crippen LogP contribution in [0.3, 0.4) is 0 Å². The van der Waals surface area contributed by atoms with Gasteiger partial charge in [-0.1, -0.05) is 0 Å². The van der Waals surface area contributed by atoms with Gasteiger partial charge in [0.2, 0.25) is 0 Å². The second kappa shape index (κ2) is 3.90. The fourth-order valence-electron chi connectivity index (χ4n) is 0.925. The number of hydrogen-bond acceptors (Lipinski definition) is 4. The lowest BCUT2D eigenvalue weighted by molar-refractivity contribution is 0.100. The van der Waals surface area contributed by atoms with Gasteiger partial charge in [0, 0.05) is 13.3 Å². The van der Waals surface area contributed by atoms with Crippen LogP contribution in [-0.4, -0.2) is 29.4 Å². The van der Waals surface area contributed by atoms with E-state index in [9.17, 15) is 4.79 Å². The molecule has 0 saturated carbocycles. The van der Waals surface area contributed by atoms with Crippen molar-refractivity contribution in [3.05, 3.63) is 11.8 Å². The molecular weight excluding hydrogens is 172 g/mol. The minimum absolute atomic E-state index is 0.156. The number of rotatable bonds is 4. The van der Waals surface area contributed by atoms with Crippen LogP contribution in [0.1, 0.15) is 10.4 Å². The van der Waals surface area contributed by atoms with Crippen LogP contribution in [0.2, 0.25) is 0 Å². The van der Waals surface area contributed by atoms with E-state index in [-0.39, 0.29) is 11.4 Å². The fourth-order valence-corrected chi connectivity index (χ4v) is 0.925. The Bertz CT molecular complexity index is 307. The molecule has 0 bridgehead atoms. The Hall–Kier alpha value is -1.56.